The number of carbonyl (C=O) groups excluding carboxylic acids is 1. The SMILES string of the molecule is Cc1cccc(Nc2ccc(NC(=O)NC3CC3)cc2)c1C. The zero-order valence-corrected chi connectivity index (χ0v) is 12.9. The molecule has 2 amide bonds. The largest absolute Gasteiger partial charge is 0.355 e. The van der Waals surface area contributed by atoms with E-state index in [1.54, 1.807) is 0 Å². The molecule has 22 heavy (non-hydrogen) atoms. The highest BCUT2D eigenvalue weighted by Crippen LogP contribution is 2.24. The molecule has 0 spiro atoms. The van der Waals surface area contributed by atoms with E-state index in [4.69, 9.17) is 0 Å². The van der Waals surface area contributed by atoms with Crippen molar-refractivity contribution in [3.8, 4) is 0 Å². The van der Waals surface area contributed by atoms with Crippen molar-refractivity contribution >= 4 is 23.1 Å². The van der Waals surface area contributed by atoms with Gasteiger partial charge in [0.1, 0.15) is 0 Å². The molecule has 4 heteroatoms. The van der Waals surface area contributed by atoms with E-state index in [1.165, 1.54) is 11.1 Å². The number of hydrogen-bond donors (Lipinski definition) is 3. The average molecular weight is 295 g/mol. The van der Waals surface area contributed by atoms with Crippen LogP contribution in [0.4, 0.5) is 21.9 Å². The Kier molecular flexibility index (Phi) is 4.00. The summed E-state index contributed by atoms with van der Waals surface area (Å²) in [7, 11) is 0. The number of urea groups is 1. The minimum Gasteiger partial charge on any atom is -0.355 e. The van der Waals surface area contributed by atoms with E-state index in [0.29, 0.717) is 6.04 Å². The van der Waals surface area contributed by atoms with Gasteiger partial charge in [-0.25, -0.2) is 4.79 Å². The Morgan fingerprint density at radius 3 is 2.36 bits per heavy atom. The summed E-state index contributed by atoms with van der Waals surface area (Å²) in [6.07, 6.45) is 2.18. The smallest absolute Gasteiger partial charge is 0.319 e. The van der Waals surface area contributed by atoms with E-state index >= 15 is 0 Å². The van der Waals surface area contributed by atoms with E-state index in [-0.39, 0.29) is 6.03 Å². The number of hydrogen-bond acceptors (Lipinski definition) is 2. The summed E-state index contributed by atoms with van der Waals surface area (Å²) in [6.45, 7) is 4.21. The second-order valence-electron chi connectivity index (χ2n) is 5.82. The van der Waals surface area contributed by atoms with Crippen molar-refractivity contribution in [1.29, 1.82) is 0 Å². The van der Waals surface area contributed by atoms with Gasteiger partial charge in [-0.05, 0) is 68.1 Å². The highest BCUT2D eigenvalue weighted by atomic mass is 16.2. The Morgan fingerprint density at radius 2 is 1.68 bits per heavy atom. The van der Waals surface area contributed by atoms with Crippen molar-refractivity contribution in [3.63, 3.8) is 0 Å². The minimum atomic E-state index is -0.127. The van der Waals surface area contributed by atoms with Gasteiger partial charge in [-0.1, -0.05) is 12.1 Å². The van der Waals surface area contributed by atoms with Crippen LogP contribution in [-0.2, 0) is 0 Å². The van der Waals surface area contributed by atoms with Gasteiger partial charge in [0.05, 0.1) is 0 Å². The van der Waals surface area contributed by atoms with Gasteiger partial charge in [-0.3, -0.25) is 0 Å². The maximum Gasteiger partial charge on any atom is 0.319 e. The predicted molar refractivity (Wildman–Crippen MR) is 90.8 cm³/mol. The minimum absolute atomic E-state index is 0.127. The summed E-state index contributed by atoms with van der Waals surface area (Å²) in [6, 6.07) is 14.2. The molecule has 114 valence electrons. The van der Waals surface area contributed by atoms with Gasteiger partial charge < -0.3 is 16.0 Å². The third kappa shape index (κ3) is 3.58. The van der Waals surface area contributed by atoms with E-state index in [9.17, 15) is 4.79 Å². The Balaban J connectivity index is 1.63. The normalized spacial score (nSPS) is 13.5. The van der Waals surface area contributed by atoms with Crippen molar-refractivity contribution in [2.24, 2.45) is 0 Å². The lowest BCUT2D eigenvalue weighted by Crippen LogP contribution is -2.30. The maximum atomic E-state index is 11.7. The highest BCUT2D eigenvalue weighted by Gasteiger charge is 2.23. The molecule has 0 radical (unpaired) electrons. The van der Waals surface area contributed by atoms with E-state index in [1.807, 2.05) is 30.3 Å². The molecule has 0 aliphatic heterocycles. The molecule has 0 saturated heterocycles. The molecular formula is C18H21N3O. The lowest BCUT2D eigenvalue weighted by Gasteiger charge is -2.12. The van der Waals surface area contributed by atoms with Gasteiger partial charge in [-0.2, -0.15) is 0 Å². The molecule has 3 N–H and O–H groups in total. The van der Waals surface area contributed by atoms with Crippen LogP contribution in [-0.4, -0.2) is 12.1 Å². The summed E-state index contributed by atoms with van der Waals surface area (Å²) in [5.41, 5.74) is 5.41. The lowest BCUT2D eigenvalue weighted by molar-refractivity contribution is 0.251. The lowest BCUT2D eigenvalue weighted by atomic mass is 10.1. The molecule has 1 aliphatic rings. The molecule has 1 aliphatic carbocycles. The number of carbonyl (C=O) groups is 1. The monoisotopic (exact) mass is 295 g/mol. The van der Waals surface area contributed by atoms with Crippen molar-refractivity contribution < 1.29 is 4.79 Å². The van der Waals surface area contributed by atoms with Crippen molar-refractivity contribution in [2.45, 2.75) is 32.7 Å². The predicted octanol–water partition coefficient (Wildman–Crippen LogP) is 4.33. The Morgan fingerprint density at radius 1 is 1.00 bits per heavy atom. The van der Waals surface area contributed by atoms with Crippen molar-refractivity contribution in [2.75, 3.05) is 10.6 Å². The number of nitrogens with one attached hydrogen (secondary N) is 3. The van der Waals surface area contributed by atoms with Crippen LogP contribution in [0.25, 0.3) is 0 Å². The third-order valence-corrected chi connectivity index (χ3v) is 3.94. The molecule has 1 fully saturated rings. The first-order chi connectivity index (χ1) is 10.6. The second kappa shape index (κ2) is 6.10. The summed E-state index contributed by atoms with van der Waals surface area (Å²) in [5.74, 6) is 0. The van der Waals surface area contributed by atoms with Crippen LogP contribution in [0.3, 0.4) is 0 Å². The van der Waals surface area contributed by atoms with Gasteiger partial charge in [0, 0.05) is 23.1 Å². The van der Waals surface area contributed by atoms with Gasteiger partial charge in [-0.15, -0.1) is 0 Å². The summed E-state index contributed by atoms with van der Waals surface area (Å²) in [4.78, 5) is 11.7. The zero-order valence-electron chi connectivity index (χ0n) is 12.9. The maximum absolute atomic E-state index is 11.7. The first-order valence-electron chi connectivity index (χ1n) is 7.62. The molecule has 0 unspecified atom stereocenters. The fourth-order valence-corrected chi connectivity index (χ4v) is 2.26. The molecule has 0 bridgehead atoms. The quantitative estimate of drug-likeness (QED) is 0.786. The first kappa shape index (κ1) is 14.4. The third-order valence-electron chi connectivity index (χ3n) is 3.94. The summed E-state index contributed by atoms with van der Waals surface area (Å²) >= 11 is 0. The van der Waals surface area contributed by atoms with E-state index in [0.717, 1.165) is 29.9 Å². The van der Waals surface area contributed by atoms with E-state index in [2.05, 4.69) is 41.9 Å². The Bertz CT molecular complexity index is 675. The number of anilines is 3. The average Bonchev–Trinajstić information content (AvgIpc) is 3.30. The van der Waals surface area contributed by atoms with Gasteiger partial charge in [0.25, 0.3) is 0 Å². The van der Waals surface area contributed by atoms with Crippen LogP contribution < -0.4 is 16.0 Å². The van der Waals surface area contributed by atoms with Crippen molar-refractivity contribution in [3.05, 3.63) is 53.6 Å². The molecule has 1 saturated carbocycles. The van der Waals surface area contributed by atoms with Crippen LogP contribution in [0.1, 0.15) is 24.0 Å². The molecule has 0 heterocycles. The fourth-order valence-electron chi connectivity index (χ4n) is 2.26. The van der Waals surface area contributed by atoms with Gasteiger partial charge in [0.15, 0.2) is 0 Å². The molecular weight excluding hydrogens is 274 g/mol. The standard InChI is InChI=1S/C18H21N3O/c1-12-4-3-5-17(13(12)2)19-14-6-8-15(9-7-14)20-18(22)21-16-10-11-16/h3-9,16,19H,10-11H2,1-2H3,(H2,20,21,22). The number of rotatable bonds is 4. The molecule has 2 aromatic carbocycles. The van der Waals surface area contributed by atoms with Gasteiger partial charge in [0.2, 0.25) is 0 Å². The molecule has 2 aromatic rings. The molecule has 3 rings (SSSR count). The first-order valence-corrected chi connectivity index (χ1v) is 7.62. The van der Waals surface area contributed by atoms with E-state index < -0.39 is 0 Å². The van der Waals surface area contributed by atoms with Crippen LogP contribution in [0, 0.1) is 13.8 Å². The molecule has 0 aromatic heterocycles. The van der Waals surface area contributed by atoms with Crippen LogP contribution >= 0.6 is 0 Å². The van der Waals surface area contributed by atoms with Crippen LogP contribution in [0.15, 0.2) is 42.5 Å². The number of amides is 2. The highest BCUT2D eigenvalue weighted by molar-refractivity contribution is 5.89. The summed E-state index contributed by atoms with van der Waals surface area (Å²) < 4.78 is 0. The molecule has 4 nitrogen and oxygen atoms in total. The fraction of sp³-hybridized carbons (Fsp3) is 0.278. The molecule has 0 atom stereocenters. The van der Waals surface area contributed by atoms with Gasteiger partial charge >= 0.3 is 6.03 Å². The summed E-state index contributed by atoms with van der Waals surface area (Å²) in [5, 5.41) is 9.16. The number of aryl methyl sites for hydroxylation is 1. The van der Waals surface area contributed by atoms with Crippen molar-refractivity contribution in [1.82, 2.24) is 5.32 Å². The zero-order chi connectivity index (χ0) is 15.5. The second-order valence-corrected chi connectivity index (χ2v) is 5.82. The topological polar surface area (TPSA) is 53.2 Å². The van der Waals surface area contributed by atoms with Crippen LogP contribution in [0.2, 0.25) is 0 Å². The Labute approximate surface area is 130 Å². The Hall–Kier alpha value is -2.49. The van der Waals surface area contributed by atoms with Crippen LogP contribution in [0.5, 0.6) is 0 Å². The number of benzene rings is 2.